The molecule has 0 bridgehead atoms. The number of carbonyl (C=O) groups excluding carboxylic acids is 2. The molecule has 0 aromatic carbocycles. The van der Waals surface area contributed by atoms with E-state index in [9.17, 15) is 19.0 Å². The number of allylic oxidation sites excluding steroid dienone is 9. The molecule has 0 aromatic heterocycles. The van der Waals surface area contributed by atoms with Crippen LogP contribution in [-0.4, -0.2) is 69.4 Å². The molecule has 10 heteroatoms. The summed E-state index contributed by atoms with van der Waals surface area (Å²) in [5, 5.41) is 3.04. The SMILES string of the molecule is CCCCC/C=C\C/C=C\CCCCCCCCCCCCCCCC(=O)NC(COP(=O)([O-])OCC[N+](C)(C)C)C(/C=C\CCCCCCCCCCCCC)OC(=O)CCCCCCCCC/C=C\C/C=C\CCCCC. The third kappa shape index (κ3) is 60.1. The number of phosphoric acid groups is 1. The topological polar surface area (TPSA) is 114 Å². The summed E-state index contributed by atoms with van der Waals surface area (Å²) in [6.45, 7) is 6.82. The number of quaternary nitrogens is 1. The van der Waals surface area contributed by atoms with E-state index < -0.39 is 26.6 Å². The van der Waals surface area contributed by atoms with Gasteiger partial charge in [-0.25, -0.2) is 0 Å². The third-order valence-electron chi connectivity index (χ3n) is 14.9. The van der Waals surface area contributed by atoms with Crippen molar-refractivity contribution in [3.05, 3.63) is 60.8 Å². The van der Waals surface area contributed by atoms with Gasteiger partial charge in [0.15, 0.2) is 0 Å². The average Bonchev–Trinajstić information content (AvgIpc) is 3.41. The van der Waals surface area contributed by atoms with Crippen LogP contribution in [0.5, 0.6) is 0 Å². The van der Waals surface area contributed by atoms with Gasteiger partial charge in [-0.1, -0.05) is 268 Å². The van der Waals surface area contributed by atoms with Crippen LogP contribution in [0.1, 0.15) is 316 Å². The summed E-state index contributed by atoms with van der Waals surface area (Å²) in [4.78, 5) is 40.1. The van der Waals surface area contributed by atoms with Crippen LogP contribution in [0.25, 0.3) is 0 Å². The summed E-state index contributed by atoms with van der Waals surface area (Å²) in [6.07, 6.45) is 74.7. The molecule has 0 aromatic rings. The summed E-state index contributed by atoms with van der Waals surface area (Å²) in [6, 6.07) is -0.893. The van der Waals surface area contributed by atoms with Crippen molar-refractivity contribution in [2.45, 2.75) is 328 Å². The van der Waals surface area contributed by atoms with E-state index in [1.807, 2.05) is 33.3 Å². The van der Waals surface area contributed by atoms with Gasteiger partial charge >= 0.3 is 5.97 Å². The highest BCUT2D eigenvalue weighted by atomic mass is 31.2. The Hall–Kier alpha value is -2.29. The molecule has 3 atom stereocenters. The van der Waals surface area contributed by atoms with E-state index in [1.54, 1.807) is 0 Å². The molecule has 0 aliphatic heterocycles. The first-order chi connectivity index (χ1) is 38.4. The van der Waals surface area contributed by atoms with Crippen LogP contribution in [0.3, 0.4) is 0 Å². The lowest BCUT2D eigenvalue weighted by atomic mass is 10.0. The first-order valence-electron chi connectivity index (χ1n) is 33.6. The first kappa shape index (κ1) is 76.7. The number of hydrogen-bond donors (Lipinski definition) is 1. The van der Waals surface area contributed by atoms with Crippen molar-refractivity contribution >= 4 is 19.7 Å². The van der Waals surface area contributed by atoms with E-state index in [2.05, 4.69) is 74.7 Å². The van der Waals surface area contributed by atoms with Crippen LogP contribution in [0.15, 0.2) is 60.8 Å². The average molecular weight is 1130 g/mol. The van der Waals surface area contributed by atoms with Gasteiger partial charge in [-0.15, -0.1) is 0 Å². The van der Waals surface area contributed by atoms with Gasteiger partial charge in [-0.2, -0.15) is 0 Å². The molecule has 3 unspecified atom stereocenters. The van der Waals surface area contributed by atoms with E-state index in [4.69, 9.17) is 13.8 Å². The smallest absolute Gasteiger partial charge is 0.306 e. The van der Waals surface area contributed by atoms with Crippen molar-refractivity contribution in [3.8, 4) is 0 Å². The Morgan fingerprint density at radius 2 is 0.772 bits per heavy atom. The number of carbonyl (C=O) groups is 2. The van der Waals surface area contributed by atoms with Crippen LogP contribution >= 0.6 is 7.82 Å². The number of amides is 1. The summed E-state index contributed by atoms with van der Waals surface area (Å²) in [5.41, 5.74) is 0. The highest BCUT2D eigenvalue weighted by Crippen LogP contribution is 2.38. The first-order valence-corrected chi connectivity index (χ1v) is 35.1. The summed E-state index contributed by atoms with van der Waals surface area (Å²) < 4.78 is 30.4. The van der Waals surface area contributed by atoms with E-state index in [1.165, 1.54) is 199 Å². The molecule has 79 heavy (non-hydrogen) atoms. The van der Waals surface area contributed by atoms with Crippen molar-refractivity contribution in [1.82, 2.24) is 5.32 Å². The quantitative estimate of drug-likeness (QED) is 0.0212. The molecular formula is C69H129N2O7P. The molecule has 0 radical (unpaired) electrons. The molecule has 0 saturated heterocycles. The van der Waals surface area contributed by atoms with Crippen molar-refractivity contribution in [3.63, 3.8) is 0 Å². The monoisotopic (exact) mass is 1130 g/mol. The molecule has 0 saturated carbocycles. The third-order valence-corrected chi connectivity index (χ3v) is 15.9. The Morgan fingerprint density at radius 3 is 1.16 bits per heavy atom. The van der Waals surface area contributed by atoms with E-state index in [0.717, 1.165) is 83.5 Å². The van der Waals surface area contributed by atoms with Gasteiger partial charge in [0.2, 0.25) is 5.91 Å². The Labute approximate surface area is 490 Å². The fourth-order valence-corrected chi connectivity index (χ4v) is 10.4. The minimum Gasteiger partial charge on any atom is -0.756 e. The number of phosphoric ester groups is 1. The maximum atomic E-state index is 13.6. The summed E-state index contributed by atoms with van der Waals surface area (Å²) >= 11 is 0. The lowest BCUT2D eigenvalue weighted by Gasteiger charge is -2.30. The maximum Gasteiger partial charge on any atom is 0.306 e. The zero-order valence-electron chi connectivity index (χ0n) is 52.8. The normalized spacial score (nSPS) is 14.0. The molecule has 0 fully saturated rings. The predicted octanol–water partition coefficient (Wildman–Crippen LogP) is 20.4. The number of likely N-dealkylation sites (N-methyl/N-ethyl adjacent to an activating group) is 1. The highest BCUT2D eigenvalue weighted by Gasteiger charge is 2.27. The molecule has 462 valence electrons. The zero-order valence-corrected chi connectivity index (χ0v) is 53.7. The Morgan fingerprint density at radius 1 is 0.443 bits per heavy atom. The van der Waals surface area contributed by atoms with E-state index >= 15 is 0 Å². The van der Waals surface area contributed by atoms with Crippen LogP contribution in [0.4, 0.5) is 0 Å². The lowest BCUT2D eigenvalue weighted by Crippen LogP contribution is -2.47. The molecule has 9 nitrogen and oxygen atoms in total. The summed E-state index contributed by atoms with van der Waals surface area (Å²) in [5.74, 6) is -0.541. The van der Waals surface area contributed by atoms with Gasteiger partial charge in [-0.3, -0.25) is 14.2 Å². The molecule has 0 spiro atoms. The van der Waals surface area contributed by atoms with E-state index in [0.29, 0.717) is 17.4 Å². The molecule has 0 aliphatic carbocycles. The van der Waals surface area contributed by atoms with Crippen LogP contribution in [-0.2, 0) is 27.9 Å². The van der Waals surface area contributed by atoms with Gasteiger partial charge in [0.1, 0.15) is 19.3 Å². The Balaban J connectivity index is 5.16. The highest BCUT2D eigenvalue weighted by molar-refractivity contribution is 7.45. The van der Waals surface area contributed by atoms with Crippen molar-refractivity contribution in [2.75, 3.05) is 40.9 Å². The number of ether oxygens (including phenoxy) is 1. The predicted molar refractivity (Wildman–Crippen MR) is 339 cm³/mol. The fourth-order valence-electron chi connectivity index (χ4n) is 9.70. The fraction of sp³-hybridized carbons (Fsp3) is 0.826. The summed E-state index contributed by atoms with van der Waals surface area (Å²) in [7, 11) is 1.18. The number of rotatable bonds is 61. The van der Waals surface area contributed by atoms with Crippen LogP contribution < -0.4 is 10.2 Å². The van der Waals surface area contributed by atoms with Crippen molar-refractivity contribution < 1.29 is 37.3 Å². The second-order valence-electron chi connectivity index (χ2n) is 24.0. The molecule has 0 rings (SSSR count). The maximum absolute atomic E-state index is 13.6. The number of esters is 1. The minimum atomic E-state index is -4.70. The lowest BCUT2D eigenvalue weighted by molar-refractivity contribution is -0.870. The van der Waals surface area contributed by atoms with Crippen molar-refractivity contribution in [2.24, 2.45) is 0 Å². The Kier molecular flexibility index (Phi) is 57.2. The van der Waals surface area contributed by atoms with Gasteiger partial charge < -0.3 is 28.5 Å². The molecule has 1 N–H and O–H groups in total. The van der Waals surface area contributed by atoms with Crippen LogP contribution in [0, 0.1) is 0 Å². The number of unbranched alkanes of at least 4 members (excludes halogenated alkanes) is 37. The number of nitrogens with zero attached hydrogens (tertiary/aromatic N) is 1. The molecular weight excluding hydrogens is 1000 g/mol. The number of hydrogen-bond acceptors (Lipinski definition) is 7. The molecule has 1 amide bonds. The Bertz CT molecular complexity index is 1540. The van der Waals surface area contributed by atoms with Gasteiger partial charge in [0.25, 0.3) is 7.82 Å². The largest absolute Gasteiger partial charge is 0.756 e. The number of nitrogens with one attached hydrogen (secondary N) is 1. The van der Waals surface area contributed by atoms with Crippen LogP contribution in [0.2, 0.25) is 0 Å². The van der Waals surface area contributed by atoms with Gasteiger partial charge in [0, 0.05) is 12.8 Å². The minimum absolute atomic E-state index is 0.0240. The van der Waals surface area contributed by atoms with Crippen molar-refractivity contribution in [1.29, 1.82) is 0 Å². The van der Waals surface area contributed by atoms with Gasteiger partial charge in [0.05, 0.1) is 33.8 Å². The molecule has 0 heterocycles. The van der Waals surface area contributed by atoms with Gasteiger partial charge in [-0.05, 0) is 96.0 Å². The molecule has 0 aliphatic rings. The standard InChI is InChI=1S/C69H129N2O7P/c1-7-10-13-16-19-22-25-28-30-32-33-34-35-36-37-39-40-43-46-49-52-55-58-61-68(72)70-66(65-77-79(74,75)76-64-63-71(4,5)6)67(60-57-54-51-48-45-42-27-24-21-18-15-12-9-3)78-69(73)62-59-56-53-50-47-44-41-38-31-29-26-23-20-17-14-11-8-2/h19-20,22-23,28-31,57,60,66-67H,7-18,21,24-27,32-56,58-59,61-65H2,1-6H3,(H-,70,72,74,75)/b22-19-,23-20-,30-28-,31-29-,60-57-. The zero-order chi connectivity index (χ0) is 57.9. The second kappa shape index (κ2) is 58.9. The second-order valence-corrected chi connectivity index (χ2v) is 25.4. The van der Waals surface area contributed by atoms with E-state index in [-0.39, 0.29) is 24.9 Å².